The zero-order valence-electron chi connectivity index (χ0n) is 16.2. The van der Waals surface area contributed by atoms with Gasteiger partial charge in [-0.05, 0) is 18.6 Å². The summed E-state index contributed by atoms with van der Waals surface area (Å²) in [6, 6.07) is 15.7. The van der Waals surface area contributed by atoms with Gasteiger partial charge in [0.15, 0.2) is 5.78 Å². The van der Waals surface area contributed by atoms with Crippen LogP contribution in [0.15, 0.2) is 54.6 Å². The Labute approximate surface area is 163 Å². The van der Waals surface area contributed by atoms with Gasteiger partial charge in [-0.1, -0.05) is 48.5 Å². The third kappa shape index (κ3) is 3.97. The molecule has 1 aliphatic rings. The van der Waals surface area contributed by atoms with Crippen LogP contribution in [0.1, 0.15) is 55.1 Å². The molecule has 3 rings (SSSR count). The predicted octanol–water partition coefficient (Wildman–Crippen LogP) is 3.59. The van der Waals surface area contributed by atoms with Gasteiger partial charge in [0.1, 0.15) is 0 Å². The van der Waals surface area contributed by atoms with Gasteiger partial charge in [-0.15, -0.1) is 0 Å². The van der Waals surface area contributed by atoms with Crippen molar-refractivity contribution in [3.05, 3.63) is 71.3 Å². The summed E-state index contributed by atoms with van der Waals surface area (Å²) in [5.41, 5.74) is 1.62. The second-order valence-electron chi connectivity index (χ2n) is 7.30. The molecule has 0 N–H and O–H groups in total. The quantitative estimate of drug-likeness (QED) is 0.581. The number of rotatable bonds is 5. The molecule has 6 nitrogen and oxygen atoms in total. The summed E-state index contributed by atoms with van der Waals surface area (Å²) < 4.78 is 15.9. The molecule has 2 unspecified atom stereocenters. The predicted molar refractivity (Wildman–Crippen MR) is 100 cm³/mol. The number of hydrogen-bond acceptors (Lipinski definition) is 6. The van der Waals surface area contributed by atoms with E-state index in [4.69, 9.17) is 14.2 Å². The highest BCUT2D eigenvalue weighted by Gasteiger charge is 2.54. The van der Waals surface area contributed by atoms with E-state index in [9.17, 15) is 14.4 Å². The first-order chi connectivity index (χ1) is 13.1. The molecule has 0 radical (unpaired) electrons. The molecule has 0 spiro atoms. The van der Waals surface area contributed by atoms with Crippen LogP contribution in [0.5, 0.6) is 0 Å². The van der Waals surface area contributed by atoms with Crippen molar-refractivity contribution in [1.29, 1.82) is 0 Å². The van der Waals surface area contributed by atoms with Crippen LogP contribution in [0.2, 0.25) is 0 Å². The fraction of sp³-hybridized carbons (Fsp3) is 0.318. The van der Waals surface area contributed by atoms with E-state index in [1.165, 1.54) is 6.92 Å². The maximum Gasteiger partial charge on any atom is 0.382 e. The number of ether oxygens (including phenoxy) is 3. The normalized spacial score (nSPS) is 21.6. The number of ketones is 1. The van der Waals surface area contributed by atoms with Crippen molar-refractivity contribution in [2.24, 2.45) is 0 Å². The van der Waals surface area contributed by atoms with Gasteiger partial charge in [-0.25, -0.2) is 4.79 Å². The average molecular weight is 382 g/mol. The van der Waals surface area contributed by atoms with E-state index in [0.29, 0.717) is 16.7 Å². The van der Waals surface area contributed by atoms with Crippen molar-refractivity contribution in [1.82, 2.24) is 0 Å². The van der Waals surface area contributed by atoms with E-state index < -0.39 is 29.4 Å². The van der Waals surface area contributed by atoms with Crippen molar-refractivity contribution < 1.29 is 28.6 Å². The van der Waals surface area contributed by atoms with Crippen molar-refractivity contribution in [3.63, 3.8) is 0 Å². The third-order valence-corrected chi connectivity index (χ3v) is 4.48. The molecule has 6 heteroatoms. The van der Waals surface area contributed by atoms with E-state index in [1.807, 2.05) is 6.07 Å². The van der Waals surface area contributed by atoms with E-state index in [-0.39, 0.29) is 5.78 Å². The maximum absolute atomic E-state index is 12.6. The molecule has 2 aromatic rings. The van der Waals surface area contributed by atoms with Gasteiger partial charge in [-0.2, -0.15) is 0 Å². The molecule has 0 aromatic heterocycles. The van der Waals surface area contributed by atoms with Crippen LogP contribution in [0.4, 0.5) is 0 Å². The summed E-state index contributed by atoms with van der Waals surface area (Å²) >= 11 is 0. The number of hydrogen-bond donors (Lipinski definition) is 0. The maximum atomic E-state index is 12.6. The summed E-state index contributed by atoms with van der Waals surface area (Å²) in [7, 11) is 0. The Balaban J connectivity index is 1.78. The van der Waals surface area contributed by atoms with E-state index in [2.05, 4.69) is 0 Å². The van der Waals surface area contributed by atoms with E-state index in [1.54, 1.807) is 69.3 Å². The first kappa shape index (κ1) is 19.8. The molecule has 1 saturated heterocycles. The first-order valence-electron chi connectivity index (χ1n) is 8.97. The second kappa shape index (κ2) is 7.20. The minimum atomic E-state index is -1.80. The second-order valence-corrected chi connectivity index (χ2v) is 7.30. The highest BCUT2D eigenvalue weighted by Crippen LogP contribution is 2.34. The minimum Gasteiger partial charge on any atom is -0.429 e. The van der Waals surface area contributed by atoms with E-state index in [0.717, 1.165) is 0 Å². The van der Waals surface area contributed by atoms with Crippen LogP contribution in [0.3, 0.4) is 0 Å². The van der Waals surface area contributed by atoms with Crippen LogP contribution in [-0.2, 0) is 23.8 Å². The zero-order valence-corrected chi connectivity index (χ0v) is 16.2. The molecule has 2 aromatic carbocycles. The fourth-order valence-electron chi connectivity index (χ4n) is 3.03. The Kier molecular flexibility index (Phi) is 5.08. The molecule has 1 aliphatic heterocycles. The lowest BCUT2D eigenvalue weighted by atomic mass is 9.96. The Morgan fingerprint density at radius 2 is 1.61 bits per heavy atom. The first-order valence-corrected chi connectivity index (χ1v) is 8.97. The van der Waals surface area contributed by atoms with E-state index >= 15 is 0 Å². The Morgan fingerprint density at radius 3 is 2.21 bits per heavy atom. The molecule has 1 heterocycles. The largest absolute Gasteiger partial charge is 0.429 e. The van der Waals surface area contributed by atoms with Gasteiger partial charge in [-0.3, -0.25) is 14.3 Å². The SMILES string of the molecule is CC(C(=O)OC1(C)OC(C)(C)OC1=O)c1cccc(C(=O)c2ccccc2)c1. The molecular weight excluding hydrogens is 360 g/mol. The zero-order chi connectivity index (χ0) is 20.5. The molecule has 0 saturated carbocycles. The lowest BCUT2D eigenvalue weighted by Gasteiger charge is -2.23. The number of cyclic esters (lactones) is 1. The number of esters is 2. The molecule has 2 atom stereocenters. The van der Waals surface area contributed by atoms with Crippen LogP contribution < -0.4 is 0 Å². The summed E-state index contributed by atoms with van der Waals surface area (Å²) in [5, 5.41) is 0. The highest BCUT2D eigenvalue weighted by molar-refractivity contribution is 6.09. The van der Waals surface area contributed by atoms with Crippen molar-refractivity contribution in [2.45, 2.75) is 45.2 Å². The molecule has 0 bridgehead atoms. The fourth-order valence-corrected chi connectivity index (χ4v) is 3.03. The Morgan fingerprint density at radius 1 is 0.964 bits per heavy atom. The lowest BCUT2D eigenvalue weighted by Crippen LogP contribution is -2.40. The van der Waals surface area contributed by atoms with Gasteiger partial charge in [0.2, 0.25) is 5.79 Å². The summed E-state index contributed by atoms with van der Waals surface area (Å²) in [4.78, 5) is 37.3. The number of carbonyl (C=O) groups excluding carboxylic acids is 3. The topological polar surface area (TPSA) is 78.9 Å². The minimum absolute atomic E-state index is 0.139. The van der Waals surface area contributed by atoms with Crippen molar-refractivity contribution >= 4 is 17.7 Å². The molecular formula is C22H22O6. The summed E-state index contributed by atoms with van der Waals surface area (Å²) in [6.07, 6.45) is 0. The highest BCUT2D eigenvalue weighted by atomic mass is 16.9. The van der Waals surface area contributed by atoms with Gasteiger partial charge < -0.3 is 9.47 Å². The van der Waals surface area contributed by atoms with Crippen LogP contribution in [-0.4, -0.2) is 29.3 Å². The molecule has 1 fully saturated rings. The molecule has 0 aliphatic carbocycles. The summed E-state index contributed by atoms with van der Waals surface area (Å²) in [6.45, 7) is 6.12. The Hall–Kier alpha value is -2.99. The number of carbonyl (C=O) groups is 3. The lowest BCUT2D eigenvalue weighted by molar-refractivity contribution is -0.239. The van der Waals surface area contributed by atoms with Crippen LogP contribution in [0.25, 0.3) is 0 Å². The van der Waals surface area contributed by atoms with Gasteiger partial charge >= 0.3 is 17.7 Å². The van der Waals surface area contributed by atoms with Gasteiger partial charge in [0.05, 0.1) is 5.92 Å². The average Bonchev–Trinajstić information content (AvgIpc) is 2.87. The molecule has 146 valence electrons. The molecule has 28 heavy (non-hydrogen) atoms. The Bertz CT molecular complexity index is 918. The smallest absolute Gasteiger partial charge is 0.382 e. The van der Waals surface area contributed by atoms with Crippen molar-refractivity contribution in [2.75, 3.05) is 0 Å². The van der Waals surface area contributed by atoms with Crippen LogP contribution >= 0.6 is 0 Å². The molecule has 0 amide bonds. The standard InChI is InChI=1S/C22H22O6/c1-14(19(24)26-22(4)20(25)27-21(2,3)28-22)16-11-8-12-17(13-16)18(23)15-9-6-5-7-10-15/h5-14H,1-4H3. The summed E-state index contributed by atoms with van der Waals surface area (Å²) in [5.74, 6) is -5.23. The third-order valence-electron chi connectivity index (χ3n) is 4.48. The van der Waals surface area contributed by atoms with Gasteiger partial charge in [0, 0.05) is 31.9 Å². The number of benzene rings is 2. The van der Waals surface area contributed by atoms with Crippen LogP contribution in [0, 0.1) is 0 Å². The monoisotopic (exact) mass is 382 g/mol. The van der Waals surface area contributed by atoms with Crippen molar-refractivity contribution in [3.8, 4) is 0 Å². The van der Waals surface area contributed by atoms with Gasteiger partial charge in [0.25, 0.3) is 0 Å².